The first-order chi connectivity index (χ1) is 15.7. The van der Waals surface area contributed by atoms with Crippen LogP contribution in [0.1, 0.15) is 23.2 Å². The van der Waals surface area contributed by atoms with Crippen molar-refractivity contribution in [1.29, 1.82) is 0 Å². The third-order valence-electron chi connectivity index (χ3n) is 5.37. The highest BCUT2D eigenvalue weighted by Crippen LogP contribution is 2.17. The molecule has 0 bridgehead atoms. The predicted molar refractivity (Wildman–Crippen MR) is 118 cm³/mol. The number of guanidine groups is 1. The largest absolute Gasteiger partial charge is 0.481 e. The number of aliphatic carboxylic acids is 2. The van der Waals surface area contributed by atoms with E-state index >= 15 is 0 Å². The van der Waals surface area contributed by atoms with Gasteiger partial charge in [-0.3, -0.25) is 29.6 Å². The molecule has 2 aliphatic heterocycles. The average Bonchev–Trinajstić information content (AvgIpc) is 2.75. The molecule has 33 heavy (non-hydrogen) atoms. The fourth-order valence-corrected chi connectivity index (χ4v) is 3.50. The zero-order valence-corrected chi connectivity index (χ0v) is 17.8. The van der Waals surface area contributed by atoms with Gasteiger partial charge in [0, 0.05) is 30.3 Å². The van der Waals surface area contributed by atoms with E-state index in [4.69, 9.17) is 10.8 Å². The molecule has 0 saturated heterocycles. The van der Waals surface area contributed by atoms with Crippen molar-refractivity contribution in [1.82, 2.24) is 15.5 Å². The van der Waals surface area contributed by atoms with Crippen molar-refractivity contribution >= 4 is 41.2 Å². The number of amidine groups is 1. The Bertz CT molecular complexity index is 1010. The van der Waals surface area contributed by atoms with Crippen LogP contribution in [0.5, 0.6) is 0 Å². The number of carbonyl (C=O) groups is 4. The van der Waals surface area contributed by atoms with E-state index in [-0.39, 0.29) is 36.3 Å². The third kappa shape index (κ3) is 5.83. The second kappa shape index (κ2) is 10.1. The lowest BCUT2D eigenvalue weighted by atomic mass is 10.1. The number of carbonyl (C=O) groups excluding carboxylic acids is 2. The number of aliphatic imine (C=N–C) groups is 2. The van der Waals surface area contributed by atoms with Crippen molar-refractivity contribution in [3.63, 3.8) is 0 Å². The summed E-state index contributed by atoms with van der Waals surface area (Å²) in [6.07, 6.45) is -0.588. The molecule has 0 radical (unpaired) electrons. The Labute approximate surface area is 188 Å². The molecular formula is C20H25N7O6. The van der Waals surface area contributed by atoms with Gasteiger partial charge in [-0.2, -0.15) is 4.99 Å². The van der Waals surface area contributed by atoms with Crippen LogP contribution in [-0.4, -0.2) is 88.9 Å². The molecule has 3 atom stereocenters. The number of nitrogens with one attached hydrogen (secondary N) is 3. The van der Waals surface area contributed by atoms with Crippen LogP contribution < -0.4 is 21.7 Å². The van der Waals surface area contributed by atoms with Gasteiger partial charge in [0.15, 0.2) is 11.9 Å². The molecular weight excluding hydrogens is 434 g/mol. The molecule has 13 heteroatoms. The van der Waals surface area contributed by atoms with Crippen LogP contribution in [0.3, 0.4) is 0 Å². The number of anilines is 1. The Kier molecular flexibility index (Phi) is 7.23. The van der Waals surface area contributed by atoms with Crippen LogP contribution in [0.15, 0.2) is 34.3 Å². The number of hydrogen-bond donors (Lipinski definition) is 6. The first-order valence-electron chi connectivity index (χ1n) is 10.2. The smallest absolute Gasteiger partial charge is 0.326 e. The van der Waals surface area contributed by atoms with Crippen molar-refractivity contribution in [3.05, 3.63) is 29.8 Å². The number of hydrogen-bond acceptors (Lipinski definition) is 9. The van der Waals surface area contributed by atoms with E-state index in [9.17, 15) is 24.3 Å². The number of nitrogens with zero attached hydrogens (tertiary/aromatic N) is 3. The lowest BCUT2D eigenvalue weighted by Gasteiger charge is -2.38. The Balaban J connectivity index is 1.56. The third-order valence-corrected chi connectivity index (χ3v) is 5.37. The lowest BCUT2D eigenvalue weighted by molar-refractivity contribution is -0.140. The highest BCUT2D eigenvalue weighted by Gasteiger charge is 2.38. The van der Waals surface area contributed by atoms with Gasteiger partial charge in [-0.05, 0) is 37.7 Å². The lowest BCUT2D eigenvalue weighted by Crippen LogP contribution is -2.62. The molecule has 0 spiro atoms. The monoisotopic (exact) mass is 459 g/mol. The number of likely N-dealkylation sites (N-methyl/N-ethyl adjacent to an activating group) is 1. The summed E-state index contributed by atoms with van der Waals surface area (Å²) in [7, 11) is 1.80. The normalized spacial score (nSPS) is 21.1. The highest BCUT2D eigenvalue weighted by atomic mass is 16.4. The van der Waals surface area contributed by atoms with Crippen molar-refractivity contribution in [2.45, 2.75) is 31.0 Å². The molecule has 0 aromatic heterocycles. The van der Waals surface area contributed by atoms with Gasteiger partial charge >= 0.3 is 11.9 Å². The number of fused-ring (bicyclic) bond motifs is 1. The van der Waals surface area contributed by atoms with Crippen molar-refractivity contribution in [2.24, 2.45) is 15.7 Å². The minimum Gasteiger partial charge on any atom is -0.481 e. The number of amides is 2. The summed E-state index contributed by atoms with van der Waals surface area (Å²) in [5, 5.41) is 25.9. The Morgan fingerprint density at radius 3 is 2.61 bits per heavy atom. The molecule has 0 aliphatic carbocycles. The van der Waals surface area contributed by atoms with E-state index in [1.54, 1.807) is 19.2 Å². The SMILES string of the molecule is CN1C2C(=O)NC(N)=NC2=NC[C@@H]1CNc1ccc(C(=O)N[C@@H](CCC(=O)O)C(=O)O)cc1. The van der Waals surface area contributed by atoms with Crippen LogP contribution in [0.25, 0.3) is 0 Å². The molecule has 2 heterocycles. The number of rotatable bonds is 9. The number of carboxylic acids is 2. The maximum absolute atomic E-state index is 12.3. The van der Waals surface area contributed by atoms with E-state index < -0.39 is 29.9 Å². The molecule has 176 valence electrons. The van der Waals surface area contributed by atoms with Gasteiger partial charge in [-0.1, -0.05) is 0 Å². The minimum atomic E-state index is -1.30. The first kappa shape index (κ1) is 23.7. The Hall–Kier alpha value is -4.00. The standard InChI is InChI=1S/C20H25N7O6/c1-27-12(9-23-16-15(27)18(31)26-20(21)25-16)8-22-11-4-2-10(3-5-11)17(30)24-13(19(32)33)6-7-14(28)29/h2-5,12-13,15,22H,6-9H2,1H3,(H,24,30)(H,28,29)(H,32,33)(H3,21,23,25,26,31)/t12-,13-,15?/m0/s1. The van der Waals surface area contributed by atoms with Gasteiger partial charge in [-0.15, -0.1) is 0 Å². The minimum absolute atomic E-state index is 0.0284. The summed E-state index contributed by atoms with van der Waals surface area (Å²) in [5.74, 6) is -2.93. The molecule has 2 aliphatic rings. The molecule has 13 nitrogen and oxygen atoms in total. The summed E-state index contributed by atoms with van der Waals surface area (Å²) < 4.78 is 0. The van der Waals surface area contributed by atoms with Crippen LogP contribution >= 0.6 is 0 Å². The first-order valence-corrected chi connectivity index (χ1v) is 10.2. The number of nitrogens with two attached hydrogens (primary N) is 1. The van der Waals surface area contributed by atoms with Gasteiger partial charge in [0.2, 0.25) is 5.96 Å². The van der Waals surface area contributed by atoms with Gasteiger partial charge in [-0.25, -0.2) is 4.79 Å². The predicted octanol–water partition coefficient (Wildman–Crippen LogP) is -1.33. The average molecular weight is 459 g/mol. The van der Waals surface area contributed by atoms with Gasteiger partial charge in [0.1, 0.15) is 6.04 Å². The fourth-order valence-electron chi connectivity index (χ4n) is 3.50. The summed E-state index contributed by atoms with van der Waals surface area (Å²) in [6.45, 7) is 0.894. The van der Waals surface area contributed by atoms with E-state index in [1.165, 1.54) is 12.1 Å². The van der Waals surface area contributed by atoms with Crippen LogP contribution in [0.4, 0.5) is 5.69 Å². The van der Waals surface area contributed by atoms with Crippen molar-refractivity contribution in [2.75, 3.05) is 25.5 Å². The highest BCUT2D eigenvalue weighted by molar-refractivity contribution is 6.19. The molecule has 1 aromatic rings. The van der Waals surface area contributed by atoms with Crippen LogP contribution in [-0.2, 0) is 14.4 Å². The Morgan fingerprint density at radius 1 is 1.27 bits per heavy atom. The molecule has 3 rings (SSSR count). The molecule has 0 saturated carbocycles. The molecule has 1 aromatic carbocycles. The zero-order chi connectivity index (χ0) is 24.1. The topological polar surface area (TPSA) is 199 Å². The Morgan fingerprint density at radius 2 is 1.97 bits per heavy atom. The van der Waals surface area contributed by atoms with Gasteiger partial charge < -0.3 is 26.6 Å². The zero-order valence-electron chi connectivity index (χ0n) is 17.8. The molecule has 7 N–H and O–H groups in total. The van der Waals surface area contributed by atoms with Crippen LogP contribution in [0.2, 0.25) is 0 Å². The molecule has 0 fully saturated rings. The quantitative estimate of drug-likeness (QED) is 0.259. The summed E-state index contributed by atoms with van der Waals surface area (Å²) in [4.78, 5) is 56.8. The second-order valence-electron chi connectivity index (χ2n) is 7.66. The van der Waals surface area contributed by atoms with E-state index in [1.807, 2.05) is 4.90 Å². The molecule has 1 unspecified atom stereocenters. The van der Waals surface area contributed by atoms with Crippen molar-refractivity contribution < 1.29 is 29.4 Å². The van der Waals surface area contributed by atoms with Crippen LogP contribution in [0, 0.1) is 0 Å². The summed E-state index contributed by atoms with van der Waals surface area (Å²) in [5.41, 5.74) is 6.52. The van der Waals surface area contributed by atoms with E-state index in [0.29, 0.717) is 24.6 Å². The summed E-state index contributed by atoms with van der Waals surface area (Å²) in [6, 6.07) is 4.38. The fraction of sp³-hybridized carbons (Fsp3) is 0.400. The number of benzene rings is 1. The van der Waals surface area contributed by atoms with E-state index in [0.717, 1.165) is 0 Å². The maximum Gasteiger partial charge on any atom is 0.326 e. The maximum atomic E-state index is 12.3. The summed E-state index contributed by atoms with van der Waals surface area (Å²) >= 11 is 0. The van der Waals surface area contributed by atoms with Gasteiger partial charge in [0.25, 0.3) is 11.8 Å². The molecule has 2 amide bonds. The second-order valence-corrected chi connectivity index (χ2v) is 7.66. The number of carboxylic acid groups (broad SMARTS) is 2. The van der Waals surface area contributed by atoms with Crippen molar-refractivity contribution in [3.8, 4) is 0 Å². The van der Waals surface area contributed by atoms with E-state index in [2.05, 4.69) is 25.9 Å². The van der Waals surface area contributed by atoms with Gasteiger partial charge in [0.05, 0.1) is 6.54 Å².